The zero-order valence-corrected chi connectivity index (χ0v) is 12.1. The molecular formula is C13H24ClN3O. The number of hydrogen-bond acceptors (Lipinski definition) is 3. The van der Waals surface area contributed by atoms with Gasteiger partial charge in [-0.1, -0.05) is 24.9 Å². The highest BCUT2D eigenvalue weighted by molar-refractivity contribution is 6.30. The van der Waals surface area contributed by atoms with Crippen LogP contribution in [0.3, 0.4) is 0 Å². The molecule has 1 atom stereocenters. The number of halogens is 1. The predicted octanol–water partition coefficient (Wildman–Crippen LogP) is 2.66. The van der Waals surface area contributed by atoms with Crippen LogP contribution in [-0.2, 0) is 13.0 Å². The van der Waals surface area contributed by atoms with E-state index in [9.17, 15) is 0 Å². The number of aromatic amines is 1. The number of aliphatic hydroxyl groups is 1. The van der Waals surface area contributed by atoms with Crippen molar-refractivity contribution >= 4 is 11.6 Å². The number of nitrogens with one attached hydrogen (secondary N) is 2. The molecule has 18 heavy (non-hydrogen) atoms. The van der Waals surface area contributed by atoms with E-state index in [2.05, 4.69) is 22.2 Å². The standard InChI is InChI=1S/C13H24ClN3O/c1-3-4-7-12-16-11(13(14)17-12)9-15-8-5-6-10(2)18/h10,15,18H,3-9H2,1-2H3,(H,16,17). The van der Waals surface area contributed by atoms with Crippen LogP contribution >= 0.6 is 11.6 Å². The van der Waals surface area contributed by atoms with Gasteiger partial charge < -0.3 is 15.4 Å². The smallest absolute Gasteiger partial charge is 0.151 e. The summed E-state index contributed by atoms with van der Waals surface area (Å²) in [5, 5.41) is 13.0. The molecule has 0 saturated carbocycles. The molecule has 0 bridgehead atoms. The van der Waals surface area contributed by atoms with E-state index in [1.807, 2.05) is 6.92 Å². The van der Waals surface area contributed by atoms with Gasteiger partial charge in [0, 0.05) is 13.0 Å². The minimum absolute atomic E-state index is 0.219. The molecule has 0 aromatic carbocycles. The van der Waals surface area contributed by atoms with Gasteiger partial charge in [0.05, 0.1) is 11.8 Å². The van der Waals surface area contributed by atoms with Crippen molar-refractivity contribution in [1.29, 1.82) is 0 Å². The number of aromatic nitrogens is 2. The highest BCUT2D eigenvalue weighted by atomic mass is 35.5. The summed E-state index contributed by atoms with van der Waals surface area (Å²) in [6.45, 7) is 5.56. The number of rotatable bonds is 9. The first-order chi connectivity index (χ1) is 8.63. The molecule has 0 fully saturated rings. The normalized spacial score (nSPS) is 12.9. The summed E-state index contributed by atoms with van der Waals surface area (Å²) < 4.78 is 0. The number of aliphatic hydroxyl groups excluding tert-OH is 1. The van der Waals surface area contributed by atoms with Crippen LogP contribution in [0.1, 0.15) is 51.0 Å². The Morgan fingerprint density at radius 2 is 2.22 bits per heavy atom. The van der Waals surface area contributed by atoms with Crippen molar-refractivity contribution in [3.8, 4) is 0 Å². The molecule has 0 amide bonds. The van der Waals surface area contributed by atoms with E-state index in [1.54, 1.807) is 0 Å². The van der Waals surface area contributed by atoms with Crippen molar-refractivity contribution in [2.45, 2.75) is 58.6 Å². The van der Waals surface area contributed by atoms with Crippen molar-refractivity contribution < 1.29 is 5.11 Å². The Hall–Kier alpha value is -0.580. The quantitative estimate of drug-likeness (QED) is 0.606. The molecule has 5 heteroatoms. The van der Waals surface area contributed by atoms with Gasteiger partial charge in [-0.25, -0.2) is 4.98 Å². The molecule has 0 radical (unpaired) electrons. The highest BCUT2D eigenvalue weighted by Gasteiger charge is 2.07. The number of unbranched alkanes of at least 4 members (excludes halogenated alkanes) is 1. The molecule has 0 spiro atoms. The van der Waals surface area contributed by atoms with Gasteiger partial charge in [0.25, 0.3) is 0 Å². The van der Waals surface area contributed by atoms with E-state index in [-0.39, 0.29) is 6.10 Å². The molecule has 0 saturated heterocycles. The molecule has 3 N–H and O–H groups in total. The number of H-pyrrole nitrogens is 1. The molecule has 4 nitrogen and oxygen atoms in total. The number of nitrogens with zero attached hydrogens (tertiary/aromatic N) is 1. The number of hydrogen-bond donors (Lipinski definition) is 3. The summed E-state index contributed by atoms with van der Waals surface area (Å²) in [7, 11) is 0. The third-order valence-corrected chi connectivity index (χ3v) is 3.13. The summed E-state index contributed by atoms with van der Waals surface area (Å²) >= 11 is 6.06. The third-order valence-electron chi connectivity index (χ3n) is 2.82. The molecule has 1 heterocycles. The monoisotopic (exact) mass is 273 g/mol. The van der Waals surface area contributed by atoms with Crippen LogP contribution in [0, 0.1) is 0 Å². The van der Waals surface area contributed by atoms with Gasteiger partial charge in [-0.2, -0.15) is 0 Å². The lowest BCUT2D eigenvalue weighted by molar-refractivity contribution is 0.181. The Balaban J connectivity index is 2.26. The van der Waals surface area contributed by atoms with Gasteiger partial charge in [-0.3, -0.25) is 0 Å². The van der Waals surface area contributed by atoms with Crippen molar-refractivity contribution in [3.05, 3.63) is 16.7 Å². The fourth-order valence-electron chi connectivity index (χ4n) is 1.76. The molecular weight excluding hydrogens is 250 g/mol. The maximum Gasteiger partial charge on any atom is 0.151 e. The molecule has 1 aromatic rings. The summed E-state index contributed by atoms with van der Waals surface area (Å²) in [4.78, 5) is 7.57. The topological polar surface area (TPSA) is 60.9 Å². The van der Waals surface area contributed by atoms with Crippen molar-refractivity contribution in [1.82, 2.24) is 15.3 Å². The van der Waals surface area contributed by atoms with Gasteiger partial charge in [-0.05, 0) is 32.7 Å². The maximum absolute atomic E-state index is 9.13. The van der Waals surface area contributed by atoms with E-state index in [0.29, 0.717) is 11.7 Å². The van der Waals surface area contributed by atoms with Crippen LogP contribution in [0.25, 0.3) is 0 Å². The molecule has 1 rings (SSSR count). The highest BCUT2D eigenvalue weighted by Crippen LogP contribution is 2.13. The van der Waals surface area contributed by atoms with Crippen LogP contribution < -0.4 is 5.32 Å². The third kappa shape index (κ3) is 5.85. The second-order valence-corrected chi connectivity index (χ2v) is 5.08. The fraction of sp³-hybridized carbons (Fsp3) is 0.769. The van der Waals surface area contributed by atoms with E-state index in [0.717, 1.165) is 50.2 Å². The molecule has 1 aromatic heterocycles. The fourth-order valence-corrected chi connectivity index (χ4v) is 1.97. The minimum atomic E-state index is -0.219. The van der Waals surface area contributed by atoms with Crippen LogP contribution in [-0.4, -0.2) is 27.7 Å². The second-order valence-electron chi connectivity index (χ2n) is 4.72. The van der Waals surface area contributed by atoms with E-state index >= 15 is 0 Å². The zero-order chi connectivity index (χ0) is 13.4. The Kier molecular flexibility index (Phi) is 7.32. The van der Waals surface area contributed by atoms with Gasteiger partial charge in [0.1, 0.15) is 5.82 Å². The van der Waals surface area contributed by atoms with Gasteiger partial charge >= 0.3 is 0 Å². The van der Waals surface area contributed by atoms with E-state index in [4.69, 9.17) is 16.7 Å². The second kappa shape index (κ2) is 8.51. The Bertz CT molecular complexity index is 339. The average Bonchev–Trinajstić information content (AvgIpc) is 2.67. The van der Waals surface area contributed by atoms with Gasteiger partial charge in [-0.15, -0.1) is 0 Å². The number of aryl methyl sites for hydroxylation is 1. The van der Waals surface area contributed by atoms with Gasteiger partial charge in [0.15, 0.2) is 5.15 Å². The molecule has 104 valence electrons. The van der Waals surface area contributed by atoms with Crippen molar-refractivity contribution in [3.63, 3.8) is 0 Å². The summed E-state index contributed by atoms with van der Waals surface area (Å²) in [5.41, 5.74) is 0.958. The Morgan fingerprint density at radius 3 is 2.89 bits per heavy atom. The van der Waals surface area contributed by atoms with E-state index in [1.165, 1.54) is 0 Å². The molecule has 0 aliphatic carbocycles. The summed E-state index contributed by atoms with van der Waals surface area (Å²) in [5.74, 6) is 0.975. The maximum atomic E-state index is 9.13. The first kappa shape index (κ1) is 15.5. The lowest BCUT2D eigenvalue weighted by atomic mass is 10.2. The lowest BCUT2D eigenvalue weighted by Crippen LogP contribution is -2.16. The largest absolute Gasteiger partial charge is 0.393 e. The molecule has 1 unspecified atom stereocenters. The average molecular weight is 274 g/mol. The van der Waals surface area contributed by atoms with Crippen LogP contribution in [0.4, 0.5) is 0 Å². The lowest BCUT2D eigenvalue weighted by Gasteiger charge is -2.05. The summed E-state index contributed by atoms with van der Waals surface area (Å²) in [6.07, 6.45) is 4.81. The predicted molar refractivity (Wildman–Crippen MR) is 74.8 cm³/mol. The zero-order valence-electron chi connectivity index (χ0n) is 11.3. The van der Waals surface area contributed by atoms with Crippen LogP contribution in [0.2, 0.25) is 5.15 Å². The van der Waals surface area contributed by atoms with Gasteiger partial charge in [0.2, 0.25) is 0 Å². The Morgan fingerprint density at radius 1 is 1.44 bits per heavy atom. The SMILES string of the molecule is CCCCc1nc(Cl)c(CNCCCC(C)O)[nH]1. The molecule has 0 aliphatic heterocycles. The van der Waals surface area contributed by atoms with Crippen LogP contribution in [0.15, 0.2) is 0 Å². The first-order valence-electron chi connectivity index (χ1n) is 6.75. The van der Waals surface area contributed by atoms with E-state index < -0.39 is 0 Å². The van der Waals surface area contributed by atoms with Crippen molar-refractivity contribution in [2.24, 2.45) is 0 Å². The molecule has 0 aliphatic rings. The Labute approximate surface area is 114 Å². The van der Waals surface area contributed by atoms with Crippen molar-refractivity contribution in [2.75, 3.05) is 6.54 Å². The summed E-state index contributed by atoms with van der Waals surface area (Å²) in [6, 6.07) is 0. The first-order valence-corrected chi connectivity index (χ1v) is 7.13. The minimum Gasteiger partial charge on any atom is -0.393 e. The number of imidazole rings is 1. The van der Waals surface area contributed by atoms with Crippen LogP contribution in [0.5, 0.6) is 0 Å².